The zero-order chi connectivity index (χ0) is 22.4. The molecule has 0 fully saturated rings. The van der Waals surface area contributed by atoms with Gasteiger partial charge in [0.15, 0.2) is 6.61 Å². The van der Waals surface area contributed by atoms with Crippen LogP contribution in [0.3, 0.4) is 0 Å². The van der Waals surface area contributed by atoms with Gasteiger partial charge in [-0.3, -0.25) is 14.9 Å². The normalized spacial score (nSPS) is 10.7. The van der Waals surface area contributed by atoms with Crippen molar-refractivity contribution in [1.82, 2.24) is 15.0 Å². The summed E-state index contributed by atoms with van der Waals surface area (Å²) in [6, 6.07) is 12.2. The first-order valence-corrected chi connectivity index (χ1v) is 9.92. The van der Waals surface area contributed by atoms with Crippen molar-refractivity contribution in [1.29, 1.82) is 0 Å². The molecule has 0 N–H and O–H groups in total. The summed E-state index contributed by atoms with van der Waals surface area (Å²) in [6.45, 7) is 6.05. The van der Waals surface area contributed by atoms with Crippen LogP contribution >= 0.6 is 0 Å². The third kappa shape index (κ3) is 5.65. The Kier molecular flexibility index (Phi) is 6.96. The van der Waals surface area contributed by atoms with Gasteiger partial charge < -0.3 is 14.2 Å². The topological polar surface area (TPSA) is 112 Å². The third-order valence-electron chi connectivity index (χ3n) is 4.64. The molecule has 0 spiro atoms. The molecule has 3 rings (SSSR count). The molecule has 3 aromatic rings. The first-order chi connectivity index (χ1) is 14.9. The first-order valence-electron chi connectivity index (χ1n) is 9.92. The van der Waals surface area contributed by atoms with E-state index in [1.165, 1.54) is 12.1 Å². The lowest BCUT2D eigenvalue weighted by Crippen LogP contribution is -2.35. The highest BCUT2D eigenvalue weighted by molar-refractivity contribution is 5.77. The molecule has 0 bridgehead atoms. The standard InChI is InChI=1S/C22H24N4O5/c1-4-10-25(13-20-23-22(24-31-20)17-7-5-6-15(2)11-17)21(27)14-30-18-8-9-19(26(28)29)16(3)12-18/h5-9,11-12H,4,10,13-14H2,1-3H3. The second-order valence-corrected chi connectivity index (χ2v) is 7.19. The molecule has 1 amide bonds. The molecule has 0 atom stereocenters. The number of aromatic nitrogens is 2. The summed E-state index contributed by atoms with van der Waals surface area (Å²) in [7, 11) is 0. The zero-order valence-corrected chi connectivity index (χ0v) is 17.7. The Bertz CT molecular complexity index is 1080. The average Bonchev–Trinajstić information content (AvgIpc) is 3.20. The van der Waals surface area contributed by atoms with Crippen LogP contribution in [0.2, 0.25) is 0 Å². The number of ether oxygens (including phenoxy) is 1. The Balaban J connectivity index is 1.64. The number of amides is 1. The monoisotopic (exact) mass is 424 g/mol. The minimum Gasteiger partial charge on any atom is -0.484 e. The third-order valence-corrected chi connectivity index (χ3v) is 4.64. The first kappa shape index (κ1) is 21.9. The molecule has 9 nitrogen and oxygen atoms in total. The molecule has 0 aliphatic carbocycles. The molecule has 0 unspecified atom stereocenters. The molecule has 2 aromatic carbocycles. The van der Waals surface area contributed by atoms with Gasteiger partial charge in [0.05, 0.1) is 4.92 Å². The molecule has 0 aliphatic rings. The molecule has 162 valence electrons. The fourth-order valence-corrected chi connectivity index (χ4v) is 3.10. The number of carbonyl (C=O) groups is 1. The lowest BCUT2D eigenvalue weighted by molar-refractivity contribution is -0.385. The van der Waals surface area contributed by atoms with Gasteiger partial charge in [-0.1, -0.05) is 35.8 Å². The number of hydrogen-bond acceptors (Lipinski definition) is 7. The maximum absolute atomic E-state index is 12.7. The van der Waals surface area contributed by atoms with E-state index in [0.717, 1.165) is 17.5 Å². The van der Waals surface area contributed by atoms with Gasteiger partial charge in [-0.15, -0.1) is 0 Å². The van der Waals surface area contributed by atoms with Crippen LogP contribution in [0.4, 0.5) is 5.69 Å². The number of benzene rings is 2. The number of nitro benzene ring substituents is 1. The van der Waals surface area contributed by atoms with Crippen LogP contribution in [-0.4, -0.2) is 39.0 Å². The second kappa shape index (κ2) is 9.84. The maximum atomic E-state index is 12.7. The Morgan fingerprint density at radius 1 is 1.23 bits per heavy atom. The number of nitrogens with zero attached hydrogens (tertiary/aromatic N) is 4. The summed E-state index contributed by atoms with van der Waals surface area (Å²) in [5, 5.41) is 14.9. The Labute approximate surface area is 179 Å². The van der Waals surface area contributed by atoms with Crippen LogP contribution in [0.1, 0.15) is 30.4 Å². The molecule has 31 heavy (non-hydrogen) atoms. The van der Waals surface area contributed by atoms with E-state index >= 15 is 0 Å². The predicted molar refractivity (Wildman–Crippen MR) is 114 cm³/mol. The highest BCUT2D eigenvalue weighted by Gasteiger charge is 2.19. The summed E-state index contributed by atoms with van der Waals surface area (Å²) < 4.78 is 10.9. The minimum absolute atomic E-state index is 0.00657. The van der Waals surface area contributed by atoms with Gasteiger partial charge in [-0.2, -0.15) is 4.98 Å². The van der Waals surface area contributed by atoms with Gasteiger partial charge in [0.2, 0.25) is 11.7 Å². The van der Waals surface area contributed by atoms with Gasteiger partial charge in [-0.05, 0) is 38.5 Å². The van der Waals surface area contributed by atoms with Gasteiger partial charge in [-0.25, -0.2) is 0 Å². The summed E-state index contributed by atoms with van der Waals surface area (Å²) in [5.41, 5.74) is 2.41. The van der Waals surface area contributed by atoms with Crippen LogP contribution < -0.4 is 4.74 Å². The highest BCUT2D eigenvalue weighted by Crippen LogP contribution is 2.23. The van der Waals surface area contributed by atoms with E-state index in [4.69, 9.17) is 9.26 Å². The predicted octanol–water partition coefficient (Wildman–Crippen LogP) is 4.08. The lowest BCUT2D eigenvalue weighted by atomic mass is 10.1. The van der Waals surface area contributed by atoms with E-state index in [1.807, 2.05) is 38.1 Å². The summed E-state index contributed by atoms with van der Waals surface area (Å²) in [5.74, 6) is 0.963. The van der Waals surface area contributed by atoms with Gasteiger partial charge in [0.1, 0.15) is 12.3 Å². The molecule has 0 radical (unpaired) electrons. The summed E-state index contributed by atoms with van der Waals surface area (Å²) in [4.78, 5) is 29.2. The Morgan fingerprint density at radius 3 is 2.71 bits per heavy atom. The van der Waals surface area contributed by atoms with Gasteiger partial charge >= 0.3 is 0 Å². The molecule has 1 aromatic heterocycles. The minimum atomic E-state index is -0.456. The van der Waals surface area contributed by atoms with Gasteiger partial charge in [0.25, 0.3) is 11.6 Å². The SMILES string of the molecule is CCCN(Cc1nc(-c2cccc(C)c2)no1)C(=O)COc1ccc([N+](=O)[O-])c(C)c1. The molecule has 0 saturated carbocycles. The van der Waals surface area contributed by atoms with Crippen LogP contribution in [0.15, 0.2) is 47.0 Å². The van der Waals surface area contributed by atoms with E-state index in [9.17, 15) is 14.9 Å². The molecule has 0 saturated heterocycles. The van der Waals surface area contributed by atoms with Crippen molar-refractivity contribution in [2.24, 2.45) is 0 Å². The fourth-order valence-electron chi connectivity index (χ4n) is 3.10. The quantitative estimate of drug-likeness (QED) is 0.376. The molecule has 0 aliphatic heterocycles. The lowest BCUT2D eigenvalue weighted by Gasteiger charge is -2.20. The fraction of sp³-hybridized carbons (Fsp3) is 0.318. The van der Waals surface area contributed by atoms with Crippen LogP contribution in [0, 0.1) is 24.0 Å². The van der Waals surface area contributed by atoms with E-state index in [-0.39, 0.29) is 24.7 Å². The van der Waals surface area contributed by atoms with Crippen molar-refractivity contribution < 1.29 is 19.0 Å². The van der Waals surface area contributed by atoms with Crippen LogP contribution in [0.5, 0.6) is 5.75 Å². The zero-order valence-electron chi connectivity index (χ0n) is 17.7. The highest BCUT2D eigenvalue weighted by atomic mass is 16.6. The molecule has 1 heterocycles. The van der Waals surface area contributed by atoms with Crippen LogP contribution in [0.25, 0.3) is 11.4 Å². The number of nitro groups is 1. The number of carbonyl (C=O) groups excluding carboxylic acids is 1. The largest absolute Gasteiger partial charge is 0.484 e. The smallest absolute Gasteiger partial charge is 0.272 e. The van der Waals surface area contributed by atoms with Gasteiger partial charge in [0, 0.05) is 23.7 Å². The van der Waals surface area contributed by atoms with Crippen LogP contribution in [-0.2, 0) is 11.3 Å². The Hall–Kier alpha value is -3.75. The van der Waals surface area contributed by atoms with Crippen molar-refractivity contribution >= 4 is 11.6 Å². The molecular formula is C22H24N4O5. The number of rotatable bonds is 9. The van der Waals surface area contributed by atoms with Crippen molar-refractivity contribution in [2.45, 2.75) is 33.7 Å². The number of aryl methyl sites for hydroxylation is 2. The summed E-state index contributed by atoms with van der Waals surface area (Å²) >= 11 is 0. The van der Waals surface area contributed by atoms with Crippen molar-refractivity contribution in [3.63, 3.8) is 0 Å². The maximum Gasteiger partial charge on any atom is 0.272 e. The van der Waals surface area contributed by atoms with Crippen molar-refractivity contribution in [2.75, 3.05) is 13.2 Å². The second-order valence-electron chi connectivity index (χ2n) is 7.19. The van der Waals surface area contributed by atoms with E-state index in [2.05, 4.69) is 10.1 Å². The summed E-state index contributed by atoms with van der Waals surface area (Å²) in [6.07, 6.45) is 0.751. The van der Waals surface area contributed by atoms with E-state index < -0.39 is 4.92 Å². The number of hydrogen-bond donors (Lipinski definition) is 0. The Morgan fingerprint density at radius 2 is 2.03 bits per heavy atom. The van der Waals surface area contributed by atoms with Crippen molar-refractivity contribution in [3.05, 3.63) is 69.6 Å². The van der Waals surface area contributed by atoms with E-state index in [0.29, 0.717) is 29.6 Å². The average molecular weight is 424 g/mol. The van der Waals surface area contributed by atoms with E-state index in [1.54, 1.807) is 17.9 Å². The molecular weight excluding hydrogens is 400 g/mol. The molecule has 9 heteroatoms. The van der Waals surface area contributed by atoms with Crippen molar-refractivity contribution in [3.8, 4) is 17.1 Å².